The Morgan fingerprint density at radius 2 is 2.00 bits per heavy atom. The first-order valence-corrected chi connectivity index (χ1v) is 6.39. The Morgan fingerprint density at radius 3 is 2.72 bits per heavy atom. The summed E-state index contributed by atoms with van der Waals surface area (Å²) in [7, 11) is 0. The van der Waals surface area contributed by atoms with E-state index in [9.17, 15) is 4.79 Å². The summed E-state index contributed by atoms with van der Waals surface area (Å²) in [5, 5.41) is 2.57. The topological polar surface area (TPSA) is 26.3 Å². The van der Waals surface area contributed by atoms with E-state index in [1.807, 2.05) is 0 Å². The molecular formula is C16H16O2. The summed E-state index contributed by atoms with van der Waals surface area (Å²) in [6.07, 6.45) is 2.17. The molecule has 0 fully saturated rings. The Hall–Kier alpha value is -1.83. The van der Waals surface area contributed by atoms with Gasteiger partial charge in [0.1, 0.15) is 0 Å². The van der Waals surface area contributed by atoms with Crippen molar-refractivity contribution in [3.8, 4) is 0 Å². The second-order valence-corrected chi connectivity index (χ2v) is 4.94. The predicted molar refractivity (Wildman–Crippen MR) is 71.6 cm³/mol. The van der Waals surface area contributed by atoms with Gasteiger partial charge in [0.25, 0.3) is 0 Å². The van der Waals surface area contributed by atoms with Gasteiger partial charge in [0.05, 0.1) is 6.61 Å². The molecule has 0 aromatic heterocycles. The Kier molecular flexibility index (Phi) is 2.78. The van der Waals surface area contributed by atoms with Crippen LogP contribution in [-0.4, -0.2) is 12.6 Å². The van der Waals surface area contributed by atoms with Gasteiger partial charge in [-0.2, -0.15) is 0 Å². The minimum Gasteiger partial charge on any atom is -0.465 e. The van der Waals surface area contributed by atoms with E-state index in [1.54, 1.807) is 0 Å². The van der Waals surface area contributed by atoms with Crippen LogP contribution in [0.1, 0.15) is 30.4 Å². The molecule has 2 heteroatoms. The summed E-state index contributed by atoms with van der Waals surface area (Å²) in [6.45, 7) is 1.98. The zero-order valence-electron chi connectivity index (χ0n) is 10.5. The largest absolute Gasteiger partial charge is 0.465 e. The summed E-state index contributed by atoms with van der Waals surface area (Å²) < 4.78 is 5.16. The highest BCUT2D eigenvalue weighted by Gasteiger charge is 2.23. The summed E-state index contributed by atoms with van der Waals surface area (Å²) in [5.41, 5.74) is 2.76. The van der Waals surface area contributed by atoms with Gasteiger partial charge in [-0.25, -0.2) is 0 Å². The van der Waals surface area contributed by atoms with Crippen molar-refractivity contribution in [2.45, 2.75) is 25.7 Å². The molecule has 3 rings (SSSR count). The van der Waals surface area contributed by atoms with E-state index in [0.29, 0.717) is 12.5 Å². The van der Waals surface area contributed by atoms with E-state index >= 15 is 0 Å². The van der Waals surface area contributed by atoms with Gasteiger partial charge in [-0.3, -0.25) is 4.79 Å². The number of fused-ring (bicyclic) bond motifs is 2. The highest BCUT2D eigenvalue weighted by atomic mass is 16.5. The first kappa shape index (κ1) is 11.3. The highest BCUT2D eigenvalue weighted by Crippen LogP contribution is 2.36. The molecule has 0 radical (unpaired) electrons. The summed E-state index contributed by atoms with van der Waals surface area (Å²) in [4.78, 5) is 10.9. The van der Waals surface area contributed by atoms with E-state index in [-0.39, 0.29) is 5.97 Å². The molecule has 1 aliphatic rings. The van der Waals surface area contributed by atoms with Crippen LogP contribution in [0.15, 0.2) is 36.4 Å². The van der Waals surface area contributed by atoms with Gasteiger partial charge >= 0.3 is 5.97 Å². The molecule has 18 heavy (non-hydrogen) atoms. The van der Waals surface area contributed by atoms with E-state index in [2.05, 4.69) is 36.4 Å². The lowest BCUT2D eigenvalue weighted by Gasteiger charge is -2.12. The minimum absolute atomic E-state index is 0.191. The predicted octanol–water partition coefficient (Wildman–Crippen LogP) is 3.43. The van der Waals surface area contributed by atoms with Crippen molar-refractivity contribution in [3.63, 3.8) is 0 Å². The second kappa shape index (κ2) is 4.45. The smallest absolute Gasteiger partial charge is 0.302 e. The van der Waals surface area contributed by atoms with Crippen molar-refractivity contribution < 1.29 is 9.53 Å². The maximum Gasteiger partial charge on any atom is 0.302 e. The van der Waals surface area contributed by atoms with Crippen LogP contribution in [0.5, 0.6) is 0 Å². The van der Waals surface area contributed by atoms with Crippen LogP contribution in [0, 0.1) is 0 Å². The van der Waals surface area contributed by atoms with Crippen molar-refractivity contribution in [2.24, 2.45) is 0 Å². The molecule has 1 unspecified atom stereocenters. The molecule has 0 saturated heterocycles. The van der Waals surface area contributed by atoms with Crippen LogP contribution < -0.4 is 0 Å². The molecule has 92 valence electrons. The number of ether oxygens (including phenoxy) is 1. The van der Waals surface area contributed by atoms with Gasteiger partial charge in [0.15, 0.2) is 0 Å². The number of esters is 1. The van der Waals surface area contributed by atoms with Crippen molar-refractivity contribution in [2.75, 3.05) is 6.61 Å². The van der Waals surface area contributed by atoms with Crippen LogP contribution in [0.25, 0.3) is 10.8 Å². The molecule has 1 aliphatic carbocycles. The average molecular weight is 240 g/mol. The maximum atomic E-state index is 10.9. The van der Waals surface area contributed by atoms with Crippen molar-refractivity contribution in [1.29, 1.82) is 0 Å². The minimum atomic E-state index is -0.191. The number of carbonyl (C=O) groups excluding carboxylic acids is 1. The van der Waals surface area contributed by atoms with Gasteiger partial charge in [0.2, 0.25) is 0 Å². The van der Waals surface area contributed by atoms with Gasteiger partial charge in [0, 0.05) is 12.8 Å². The second-order valence-electron chi connectivity index (χ2n) is 4.94. The van der Waals surface area contributed by atoms with Crippen LogP contribution >= 0.6 is 0 Å². The molecule has 0 heterocycles. The first-order chi connectivity index (χ1) is 8.74. The molecule has 0 saturated carbocycles. The highest BCUT2D eigenvalue weighted by molar-refractivity contribution is 5.84. The molecule has 2 nitrogen and oxygen atoms in total. The number of aryl methyl sites for hydroxylation is 1. The molecule has 0 amide bonds. The Morgan fingerprint density at radius 1 is 1.28 bits per heavy atom. The summed E-state index contributed by atoms with van der Waals surface area (Å²) in [6, 6.07) is 12.9. The lowest BCUT2D eigenvalue weighted by Crippen LogP contribution is -2.08. The molecular weight excluding hydrogens is 224 g/mol. The number of rotatable bonds is 2. The molecule has 0 N–H and O–H groups in total. The van der Waals surface area contributed by atoms with E-state index in [4.69, 9.17) is 4.74 Å². The van der Waals surface area contributed by atoms with Crippen LogP contribution in [0.2, 0.25) is 0 Å². The third-order valence-corrected chi connectivity index (χ3v) is 3.70. The Labute approximate surface area is 107 Å². The monoisotopic (exact) mass is 240 g/mol. The van der Waals surface area contributed by atoms with Gasteiger partial charge < -0.3 is 4.74 Å². The number of carbonyl (C=O) groups is 1. The fourth-order valence-corrected chi connectivity index (χ4v) is 2.78. The van der Waals surface area contributed by atoms with Crippen LogP contribution in [0.3, 0.4) is 0 Å². The Balaban J connectivity index is 1.95. The van der Waals surface area contributed by atoms with Crippen molar-refractivity contribution in [1.82, 2.24) is 0 Å². The van der Waals surface area contributed by atoms with Gasteiger partial charge in [-0.05, 0) is 34.7 Å². The molecule has 0 aliphatic heterocycles. The average Bonchev–Trinajstić information content (AvgIpc) is 2.76. The van der Waals surface area contributed by atoms with E-state index in [0.717, 1.165) is 12.8 Å². The normalized spacial score (nSPS) is 17.7. The SMILES string of the molecule is CC(=O)OCC1CCc2cc3ccccc3cc21. The molecule has 0 spiro atoms. The quantitative estimate of drug-likeness (QED) is 0.752. The molecule has 2 aromatic carbocycles. The van der Waals surface area contributed by atoms with Crippen LogP contribution in [0.4, 0.5) is 0 Å². The van der Waals surface area contributed by atoms with Crippen molar-refractivity contribution in [3.05, 3.63) is 47.5 Å². The lowest BCUT2D eigenvalue weighted by atomic mass is 9.98. The van der Waals surface area contributed by atoms with E-state index < -0.39 is 0 Å². The summed E-state index contributed by atoms with van der Waals surface area (Å²) in [5.74, 6) is 0.178. The number of hydrogen-bond acceptors (Lipinski definition) is 2. The number of hydrogen-bond donors (Lipinski definition) is 0. The number of benzene rings is 2. The summed E-state index contributed by atoms with van der Waals surface area (Å²) >= 11 is 0. The fraction of sp³-hybridized carbons (Fsp3) is 0.312. The lowest BCUT2D eigenvalue weighted by molar-refractivity contribution is -0.141. The molecule has 0 bridgehead atoms. The third kappa shape index (κ3) is 1.99. The maximum absolute atomic E-state index is 10.9. The van der Waals surface area contributed by atoms with Gasteiger partial charge in [-0.1, -0.05) is 36.4 Å². The molecule has 2 aromatic rings. The Bertz CT molecular complexity index is 601. The zero-order chi connectivity index (χ0) is 12.5. The fourth-order valence-electron chi connectivity index (χ4n) is 2.78. The van der Waals surface area contributed by atoms with Crippen LogP contribution in [-0.2, 0) is 16.0 Å². The molecule has 1 atom stereocenters. The van der Waals surface area contributed by atoms with E-state index in [1.165, 1.54) is 28.8 Å². The first-order valence-electron chi connectivity index (χ1n) is 6.39. The van der Waals surface area contributed by atoms with Gasteiger partial charge in [-0.15, -0.1) is 0 Å². The zero-order valence-corrected chi connectivity index (χ0v) is 10.5. The standard InChI is InChI=1S/C16H16O2/c1-11(17)18-10-15-7-6-14-8-12-4-2-3-5-13(12)9-16(14)15/h2-5,8-9,15H,6-7,10H2,1H3. The van der Waals surface area contributed by atoms with Crippen molar-refractivity contribution >= 4 is 16.7 Å². The third-order valence-electron chi connectivity index (χ3n) is 3.70.